The molecule has 0 amide bonds. The van der Waals surface area contributed by atoms with Crippen molar-refractivity contribution in [1.82, 2.24) is 5.32 Å². The zero-order chi connectivity index (χ0) is 21.9. The highest BCUT2D eigenvalue weighted by molar-refractivity contribution is 5.31. The predicted octanol–water partition coefficient (Wildman–Crippen LogP) is 8.43. The first kappa shape index (κ1) is 27.0. The molecule has 0 saturated carbocycles. The summed E-state index contributed by atoms with van der Waals surface area (Å²) >= 11 is 0. The van der Waals surface area contributed by atoms with Gasteiger partial charge in [0.25, 0.3) is 0 Å². The standard InChI is InChI=1S/C28H51NO/c1-5-6-7-8-9-10-11-12-13-14-15-16-17-18-23-29-24-25-30-27-21-19-26(20-22-27)28(2,3)4/h19-22,29H,5-18,23-25H2,1-4H3. The molecule has 0 spiro atoms. The first-order chi connectivity index (χ1) is 14.5. The fraction of sp³-hybridized carbons (Fsp3) is 0.786. The largest absolute Gasteiger partial charge is 0.492 e. The maximum Gasteiger partial charge on any atom is 0.119 e. The number of hydrogen-bond acceptors (Lipinski definition) is 2. The molecule has 2 heteroatoms. The van der Waals surface area contributed by atoms with Gasteiger partial charge in [-0.3, -0.25) is 0 Å². The summed E-state index contributed by atoms with van der Waals surface area (Å²) in [5.74, 6) is 0.973. The Morgan fingerprint density at radius 1 is 0.633 bits per heavy atom. The maximum absolute atomic E-state index is 5.84. The number of nitrogens with one attached hydrogen (secondary N) is 1. The van der Waals surface area contributed by atoms with Crippen LogP contribution in [0.25, 0.3) is 0 Å². The van der Waals surface area contributed by atoms with Crippen LogP contribution < -0.4 is 10.1 Å². The van der Waals surface area contributed by atoms with Gasteiger partial charge in [0.05, 0.1) is 0 Å². The third-order valence-corrected chi connectivity index (χ3v) is 5.98. The van der Waals surface area contributed by atoms with Crippen molar-refractivity contribution in [3.8, 4) is 5.75 Å². The molecule has 0 radical (unpaired) electrons. The van der Waals surface area contributed by atoms with Gasteiger partial charge >= 0.3 is 0 Å². The Balaban J connectivity index is 1.81. The summed E-state index contributed by atoms with van der Waals surface area (Å²) in [4.78, 5) is 0. The fourth-order valence-corrected chi connectivity index (χ4v) is 3.86. The highest BCUT2D eigenvalue weighted by Gasteiger charge is 2.12. The van der Waals surface area contributed by atoms with Crippen LogP contribution in [0.4, 0.5) is 0 Å². The van der Waals surface area contributed by atoms with Crippen molar-refractivity contribution in [1.29, 1.82) is 0 Å². The Bertz CT molecular complexity index is 488. The van der Waals surface area contributed by atoms with Crippen molar-refractivity contribution in [3.63, 3.8) is 0 Å². The van der Waals surface area contributed by atoms with Crippen LogP contribution in [-0.4, -0.2) is 19.7 Å². The van der Waals surface area contributed by atoms with Gasteiger partial charge in [-0.1, -0.05) is 123 Å². The molecule has 30 heavy (non-hydrogen) atoms. The molecule has 0 heterocycles. The normalized spacial score (nSPS) is 11.7. The van der Waals surface area contributed by atoms with E-state index in [-0.39, 0.29) is 5.41 Å². The maximum atomic E-state index is 5.84. The molecule has 0 bridgehead atoms. The van der Waals surface area contributed by atoms with E-state index in [1.807, 2.05) is 0 Å². The lowest BCUT2D eigenvalue weighted by atomic mass is 9.87. The summed E-state index contributed by atoms with van der Waals surface area (Å²) in [7, 11) is 0. The molecule has 0 aliphatic carbocycles. The van der Waals surface area contributed by atoms with Gasteiger partial charge in [0, 0.05) is 6.54 Å². The van der Waals surface area contributed by atoms with E-state index in [1.165, 1.54) is 95.5 Å². The van der Waals surface area contributed by atoms with Crippen molar-refractivity contribution >= 4 is 0 Å². The Kier molecular flexibility index (Phi) is 15.9. The Labute approximate surface area is 188 Å². The summed E-state index contributed by atoms with van der Waals surface area (Å²) < 4.78 is 5.84. The fourth-order valence-electron chi connectivity index (χ4n) is 3.86. The van der Waals surface area contributed by atoms with Gasteiger partial charge in [-0.25, -0.2) is 0 Å². The van der Waals surface area contributed by atoms with Crippen molar-refractivity contribution < 1.29 is 4.74 Å². The molecule has 1 aromatic carbocycles. The molecule has 2 nitrogen and oxygen atoms in total. The monoisotopic (exact) mass is 417 g/mol. The van der Waals surface area contributed by atoms with Gasteiger partial charge in [-0.2, -0.15) is 0 Å². The molecule has 1 N–H and O–H groups in total. The van der Waals surface area contributed by atoms with Gasteiger partial charge in [0.1, 0.15) is 12.4 Å². The van der Waals surface area contributed by atoms with E-state index in [2.05, 4.69) is 57.3 Å². The van der Waals surface area contributed by atoms with E-state index in [9.17, 15) is 0 Å². The van der Waals surface area contributed by atoms with Crippen molar-refractivity contribution in [2.45, 2.75) is 123 Å². The first-order valence-electron chi connectivity index (χ1n) is 13.0. The molecule has 1 aromatic rings. The lowest BCUT2D eigenvalue weighted by Gasteiger charge is -2.19. The molecule has 0 saturated heterocycles. The summed E-state index contributed by atoms with van der Waals surface area (Å²) in [6.07, 6.45) is 19.9. The summed E-state index contributed by atoms with van der Waals surface area (Å²) in [6.45, 7) is 11.8. The average molecular weight is 418 g/mol. The van der Waals surface area contributed by atoms with Crippen LogP contribution in [0.15, 0.2) is 24.3 Å². The average Bonchev–Trinajstić information content (AvgIpc) is 2.72. The minimum Gasteiger partial charge on any atom is -0.492 e. The summed E-state index contributed by atoms with van der Waals surface area (Å²) in [6, 6.07) is 8.54. The Hall–Kier alpha value is -1.02. The van der Waals surface area contributed by atoms with Crippen molar-refractivity contribution in [2.24, 2.45) is 0 Å². The topological polar surface area (TPSA) is 21.3 Å². The molecule has 1 rings (SSSR count). The van der Waals surface area contributed by atoms with Crippen LogP contribution in [0.5, 0.6) is 5.75 Å². The van der Waals surface area contributed by atoms with Gasteiger partial charge < -0.3 is 10.1 Å². The molecule has 0 atom stereocenters. The molecule has 174 valence electrons. The summed E-state index contributed by atoms with van der Waals surface area (Å²) in [5, 5.41) is 3.51. The van der Waals surface area contributed by atoms with E-state index < -0.39 is 0 Å². The quantitative estimate of drug-likeness (QED) is 0.228. The number of rotatable bonds is 19. The molecule has 0 aliphatic rings. The second-order valence-electron chi connectivity index (χ2n) is 9.97. The SMILES string of the molecule is CCCCCCCCCCCCCCCCNCCOc1ccc(C(C)(C)C)cc1. The van der Waals surface area contributed by atoms with E-state index in [4.69, 9.17) is 4.74 Å². The number of hydrogen-bond donors (Lipinski definition) is 1. The van der Waals surface area contributed by atoms with Gasteiger partial charge in [0.15, 0.2) is 0 Å². The third-order valence-electron chi connectivity index (χ3n) is 5.98. The lowest BCUT2D eigenvalue weighted by molar-refractivity contribution is 0.313. The second-order valence-corrected chi connectivity index (χ2v) is 9.97. The third kappa shape index (κ3) is 14.9. The van der Waals surface area contributed by atoms with E-state index in [0.29, 0.717) is 0 Å². The molecule has 0 aromatic heterocycles. The van der Waals surface area contributed by atoms with Gasteiger partial charge in [0.2, 0.25) is 0 Å². The molecule has 0 unspecified atom stereocenters. The van der Waals surface area contributed by atoms with Crippen LogP contribution in [-0.2, 0) is 5.41 Å². The predicted molar refractivity (Wildman–Crippen MR) is 134 cm³/mol. The minimum absolute atomic E-state index is 0.202. The molecular weight excluding hydrogens is 366 g/mol. The van der Waals surface area contributed by atoms with Crippen LogP contribution >= 0.6 is 0 Å². The number of unbranched alkanes of at least 4 members (excludes halogenated alkanes) is 13. The Morgan fingerprint density at radius 3 is 1.57 bits per heavy atom. The highest BCUT2D eigenvalue weighted by atomic mass is 16.5. The van der Waals surface area contributed by atoms with Gasteiger partial charge in [-0.15, -0.1) is 0 Å². The number of ether oxygens (including phenoxy) is 1. The van der Waals surface area contributed by atoms with E-state index in [1.54, 1.807) is 0 Å². The van der Waals surface area contributed by atoms with Crippen LogP contribution in [0.2, 0.25) is 0 Å². The molecular formula is C28H51NO. The van der Waals surface area contributed by atoms with Crippen molar-refractivity contribution in [2.75, 3.05) is 19.7 Å². The van der Waals surface area contributed by atoms with Crippen LogP contribution in [0.3, 0.4) is 0 Å². The first-order valence-corrected chi connectivity index (χ1v) is 13.0. The van der Waals surface area contributed by atoms with Gasteiger partial charge in [-0.05, 0) is 36.1 Å². The zero-order valence-corrected chi connectivity index (χ0v) is 20.7. The van der Waals surface area contributed by atoms with Crippen LogP contribution in [0, 0.1) is 0 Å². The minimum atomic E-state index is 0.202. The second kappa shape index (κ2) is 17.6. The van der Waals surface area contributed by atoms with Crippen LogP contribution in [0.1, 0.15) is 123 Å². The molecule has 0 fully saturated rings. The smallest absolute Gasteiger partial charge is 0.119 e. The van der Waals surface area contributed by atoms with Crippen molar-refractivity contribution in [3.05, 3.63) is 29.8 Å². The summed E-state index contributed by atoms with van der Waals surface area (Å²) in [5.41, 5.74) is 1.55. The highest BCUT2D eigenvalue weighted by Crippen LogP contribution is 2.24. The lowest BCUT2D eigenvalue weighted by Crippen LogP contribution is -2.22. The van der Waals surface area contributed by atoms with E-state index in [0.717, 1.165) is 25.4 Å². The zero-order valence-electron chi connectivity index (χ0n) is 20.7. The molecule has 0 aliphatic heterocycles. The van der Waals surface area contributed by atoms with E-state index >= 15 is 0 Å². The Morgan fingerprint density at radius 2 is 1.10 bits per heavy atom. The number of benzene rings is 1.